The Morgan fingerprint density at radius 1 is 0.568 bits per heavy atom. The zero-order valence-electron chi connectivity index (χ0n) is 23.3. The van der Waals surface area contributed by atoms with E-state index in [-0.39, 0.29) is 20.1 Å². The molecule has 0 aliphatic rings. The molecule has 4 aromatic heterocycles. The largest absolute Gasteiger partial charge is 0.456 e. The number of fused-ring (bicyclic) bond motifs is 12. The molecule has 0 atom stereocenters. The van der Waals surface area contributed by atoms with Crippen molar-refractivity contribution in [2.24, 2.45) is 0 Å². The molecule has 6 aromatic carbocycles. The minimum absolute atomic E-state index is 0. The number of benzene rings is 6. The van der Waals surface area contributed by atoms with Gasteiger partial charge in [0.1, 0.15) is 11.2 Å². The van der Waals surface area contributed by atoms with E-state index in [2.05, 4.69) is 129 Å². The number of aromatic nitrogens is 3. The summed E-state index contributed by atoms with van der Waals surface area (Å²) in [5.41, 5.74) is 9.67. The second-order valence-corrected chi connectivity index (χ2v) is 11.2. The fourth-order valence-corrected chi connectivity index (χ4v) is 6.96. The Balaban J connectivity index is 0.00000270. The van der Waals surface area contributed by atoms with Crippen LogP contribution < -0.4 is 0 Å². The Morgan fingerprint density at radius 2 is 1.23 bits per heavy atom. The fraction of sp³-hybridized carbons (Fsp3) is 0. The van der Waals surface area contributed by atoms with Crippen molar-refractivity contribution in [3.05, 3.63) is 140 Å². The molecule has 0 saturated heterocycles. The SMILES string of the molecule is [Ir].[c-]1cccc2c1c1nccn1c1ccc(-c3ccc4oc5ccc(-n6c7ccccc7c7ccccc76)cc5c4c3)cc21. The molecule has 1 radical (unpaired) electrons. The summed E-state index contributed by atoms with van der Waals surface area (Å²) in [5.74, 6) is 0. The minimum Gasteiger partial charge on any atom is -0.456 e. The molecule has 0 spiro atoms. The van der Waals surface area contributed by atoms with E-state index in [4.69, 9.17) is 4.42 Å². The smallest absolute Gasteiger partial charge is 0.135 e. The van der Waals surface area contributed by atoms with Crippen molar-refractivity contribution in [2.75, 3.05) is 0 Å². The summed E-state index contributed by atoms with van der Waals surface area (Å²) >= 11 is 0. The summed E-state index contributed by atoms with van der Waals surface area (Å²) in [7, 11) is 0. The molecule has 10 rings (SSSR count). The average molecular weight is 741 g/mol. The molecule has 0 aliphatic heterocycles. The van der Waals surface area contributed by atoms with E-state index < -0.39 is 0 Å². The first-order valence-electron chi connectivity index (χ1n) is 14.5. The fourth-order valence-electron chi connectivity index (χ4n) is 6.96. The second kappa shape index (κ2) is 9.39. The van der Waals surface area contributed by atoms with Gasteiger partial charge in [-0.05, 0) is 65.0 Å². The van der Waals surface area contributed by atoms with Crippen LogP contribution in [0.3, 0.4) is 0 Å². The van der Waals surface area contributed by atoms with Crippen LogP contribution in [0.4, 0.5) is 0 Å². The van der Waals surface area contributed by atoms with Crippen molar-refractivity contribution in [1.29, 1.82) is 0 Å². The number of rotatable bonds is 2. The van der Waals surface area contributed by atoms with Gasteiger partial charge in [0.25, 0.3) is 0 Å². The monoisotopic (exact) mass is 741 g/mol. The third-order valence-electron chi connectivity index (χ3n) is 8.89. The van der Waals surface area contributed by atoms with Crippen molar-refractivity contribution in [3.8, 4) is 16.8 Å². The van der Waals surface area contributed by atoms with Crippen molar-refractivity contribution in [3.63, 3.8) is 0 Å². The first-order valence-corrected chi connectivity index (χ1v) is 14.5. The number of pyridine rings is 1. The van der Waals surface area contributed by atoms with Crippen LogP contribution in [0.1, 0.15) is 0 Å². The molecule has 4 nitrogen and oxygen atoms in total. The molecule has 0 amide bonds. The third kappa shape index (κ3) is 3.45. The van der Waals surface area contributed by atoms with Gasteiger partial charge in [0, 0.05) is 65.2 Å². The van der Waals surface area contributed by atoms with Gasteiger partial charge in [0.2, 0.25) is 0 Å². The van der Waals surface area contributed by atoms with E-state index in [1.54, 1.807) is 0 Å². The van der Waals surface area contributed by atoms with Crippen LogP contribution in [0.2, 0.25) is 0 Å². The first-order chi connectivity index (χ1) is 21.3. The molecule has 5 heteroatoms. The number of hydrogen-bond acceptors (Lipinski definition) is 2. The maximum absolute atomic E-state index is 6.33. The maximum atomic E-state index is 6.33. The summed E-state index contributed by atoms with van der Waals surface area (Å²) in [6, 6.07) is 46.6. The molecule has 0 aliphatic carbocycles. The first kappa shape index (κ1) is 25.3. The van der Waals surface area contributed by atoms with Crippen molar-refractivity contribution < 1.29 is 24.5 Å². The Hall–Kier alpha value is -5.22. The maximum Gasteiger partial charge on any atom is 0.135 e. The zero-order chi connectivity index (χ0) is 28.1. The topological polar surface area (TPSA) is 35.4 Å². The number of para-hydroxylation sites is 2. The van der Waals surface area contributed by atoms with E-state index in [0.29, 0.717) is 0 Å². The van der Waals surface area contributed by atoms with Gasteiger partial charge in [0.05, 0.1) is 16.7 Å². The summed E-state index contributed by atoms with van der Waals surface area (Å²) in [6.07, 6.45) is 3.88. The Morgan fingerprint density at radius 3 is 2.02 bits per heavy atom. The van der Waals surface area contributed by atoms with Crippen LogP contribution in [-0.4, -0.2) is 14.0 Å². The van der Waals surface area contributed by atoms with Crippen LogP contribution in [0.25, 0.3) is 87.9 Å². The molecule has 0 N–H and O–H groups in total. The predicted octanol–water partition coefficient (Wildman–Crippen LogP) is 10.1. The van der Waals surface area contributed by atoms with E-state index in [1.165, 1.54) is 27.2 Å². The summed E-state index contributed by atoms with van der Waals surface area (Å²) in [4.78, 5) is 4.61. The van der Waals surface area contributed by atoms with Crippen LogP contribution in [0.5, 0.6) is 0 Å². The molecule has 209 valence electrons. The van der Waals surface area contributed by atoms with Gasteiger partial charge < -0.3 is 13.4 Å². The van der Waals surface area contributed by atoms with Gasteiger partial charge >= 0.3 is 0 Å². The number of imidazole rings is 1. The third-order valence-corrected chi connectivity index (χ3v) is 8.89. The van der Waals surface area contributed by atoms with E-state index in [1.807, 2.05) is 24.5 Å². The molecule has 10 aromatic rings. The van der Waals surface area contributed by atoms with Gasteiger partial charge in [-0.15, -0.1) is 29.7 Å². The molecule has 0 fully saturated rings. The summed E-state index contributed by atoms with van der Waals surface area (Å²) in [5, 5.41) is 8.10. The van der Waals surface area contributed by atoms with Gasteiger partial charge in [-0.3, -0.25) is 4.98 Å². The summed E-state index contributed by atoms with van der Waals surface area (Å²) in [6.45, 7) is 0. The zero-order valence-corrected chi connectivity index (χ0v) is 25.7. The molecular formula is C39H22IrN3O-. The number of hydrogen-bond donors (Lipinski definition) is 0. The summed E-state index contributed by atoms with van der Waals surface area (Å²) < 4.78 is 10.8. The Kier molecular flexibility index (Phi) is 5.40. The standard InChI is InChI=1S/C39H22N3O.Ir/c1-2-10-30-27(7-1)31-21-24(13-16-34(31)41-20-19-40-39(30)41)25-14-17-37-32(22-25)33-23-26(15-18-38(33)43-37)42-35-11-5-3-8-28(35)29-9-4-6-12-36(29)42;/h1-9,11-23H;/q-1;. The van der Waals surface area contributed by atoms with Gasteiger partial charge in [0.15, 0.2) is 0 Å². The van der Waals surface area contributed by atoms with Gasteiger partial charge in [-0.25, -0.2) is 0 Å². The minimum atomic E-state index is 0. The number of nitrogens with zero attached hydrogens (tertiary/aromatic N) is 3. The van der Waals surface area contributed by atoms with Crippen molar-refractivity contribution in [2.45, 2.75) is 0 Å². The van der Waals surface area contributed by atoms with E-state index in [0.717, 1.165) is 60.7 Å². The predicted molar refractivity (Wildman–Crippen MR) is 176 cm³/mol. The van der Waals surface area contributed by atoms with Crippen LogP contribution in [0.15, 0.2) is 138 Å². The van der Waals surface area contributed by atoms with E-state index >= 15 is 0 Å². The molecular weight excluding hydrogens is 719 g/mol. The quantitative estimate of drug-likeness (QED) is 0.131. The van der Waals surface area contributed by atoms with Crippen molar-refractivity contribution >= 4 is 71.1 Å². The average Bonchev–Trinajstić information content (AvgIpc) is 3.79. The Bertz CT molecular complexity index is 2690. The van der Waals surface area contributed by atoms with Gasteiger partial charge in [-0.2, -0.15) is 0 Å². The molecule has 44 heavy (non-hydrogen) atoms. The van der Waals surface area contributed by atoms with E-state index in [9.17, 15) is 0 Å². The van der Waals surface area contributed by atoms with Gasteiger partial charge in [-0.1, -0.05) is 60.0 Å². The molecule has 0 unspecified atom stereocenters. The van der Waals surface area contributed by atoms with Crippen LogP contribution >= 0.6 is 0 Å². The Labute approximate surface area is 265 Å². The second-order valence-electron chi connectivity index (χ2n) is 11.2. The normalized spacial score (nSPS) is 11.9. The van der Waals surface area contributed by atoms with Crippen LogP contribution in [-0.2, 0) is 20.1 Å². The molecule has 4 heterocycles. The molecule has 0 saturated carbocycles. The van der Waals surface area contributed by atoms with Crippen LogP contribution in [0, 0.1) is 6.07 Å². The molecule has 0 bridgehead atoms. The van der Waals surface area contributed by atoms with Crippen molar-refractivity contribution in [1.82, 2.24) is 14.0 Å². The number of furan rings is 1.